The Balaban J connectivity index is 2.31. The number of hydrogen-bond acceptors (Lipinski definition) is 4. The van der Waals surface area contributed by atoms with Gasteiger partial charge in [0.05, 0.1) is 0 Å². The van der Waals surface area contributed by atoms with Gasteiger partial charge < -0.3 is 5.11 Å². The topological polar surface area (TPSA) is 80.4 Å². The predicted octanol–water partition coefficient (Wildman–Crippen LogP) is 1.16. The first-order chi connectivity index (χ1) is 8.36. The molecule has 0 aliphatic rings. The zero-order valence-electron chi connectivity index (χ0n) is 8.85. The van der Waals surface area contributed by atoms with E-state index in [1.807, 2.05) is 0 Å². The average molecular weight is 260 g/mol. The molecule has 0 radical (unpaired) electrons. The number of alkyl halides is 3. The highest BCUT2D eigenvalue weighted by atomic mass is 19.4. The van der Waals surface area contributed by atoms with Crippen molar-refractivity contribution in [3.63, 3.8) is 0 Å². The second-order valence-electron chi connectivity index (χ2n) is 3.53. The van der Waals surface area contributed by atoms with E-state index in [4.69, 9.17) is 5.11 Å². The van der Waals surface area contributed by atoms with Crippen molar-refractivity contribution in [1.82, 2.24) is 19.6 Å². The lowest BCUT2D eigenvalue weighted by atomic mass is 10.2. The maximum Gasteiger partial charge on any atom is 0.453 e. The zero-order valence-corrected chi connectivity index (χ0v) is 8.85. The van der Waals surface area contributed by atoms with E-state index in [1.165, 1.54) is 12.4 Å². The van der Waals surface area contributed by atoms with Crippen molar-refractivity contribution in [3.05, 3.63) is 23.8 Å². The number of nitrogens with zero attached hydrogens (tertiary/aromatic N) is 4. The van der Waals surface area contributed by atoms with Gasteiger partial charge in [0.15, 0.2) is 0 Å². The Bertz CT molecular complexity index is 593. The van der Waals surface area contributed by atoms with Crippen molar-refractivity contribution >= 4 is 11.7 Å². The summed E-state index contributed by atoms with van der Waals surface area (Å²) in [5.74, 6) is -2.45. The van der Waals surface area contributed by atoms with Gasteiger partial charge in [-0.1, -0.05) is 0 Å². The Morgan fingerprint density at radius 1 is 1.44 bits per heavy atom. The van der Waals surface area contributed by atoms with Crippen molar-refractivity contribution in [1.29, 1.82) is 0 Å². The van der Waals surface area contributed by atoms with Crippen LogP contribution in [0.3, 0.4) is 0 Å². The molecule has 2 aromatic rings. The molecule has 9 heteroatoms. The molecule has 0 bridgehead atoms. The van der Waals surface area contributed by atoms with Gasteiger partial charge in [-0.3, -0.25) is 4.79 Å². The first-order valence-electron chi connectivity index (χ1n) is 4.86. The number of rotatable bonds is 3. The lowest BCUT2D eigenvalue weighted by molar-refractivity contribution is -0.144. The Morgan fingerprint density at radius 2 is 2.17 bits per heavy atom. The first kappa shape index (κ1) is 12.3. The molecule has 0 saturated carbocycles. The third-order valence-electron chi connectivity index (χ3n) is 2.13. The molecule has 0 unspecified atom stereocenters. The molecule has 0 aliphatic heterocycles. The standard InChI is InChI=1S/C9H7F3N4O2/c10-9(11,12)7-14-8-13-3-5(1-2-6(17)18)4-16(8)15-7/h3-4H,1-2H2,(H,17,18). The molecule has 0 amide bonds. The summed E-state index contributed by atoms with van der Waals surface area (Å²) in [7, 11) is 0. The predicted molar refractivity (Wildman–Crippen MR) is 51.7 cm³/mol. The van der Waals surface area contributed by atoms with E-state index in [9.17, 15) is 18.0 Å². The van der Waals surface area contributed by atoms with Gasteiger partial charge in [-0.2, -0.15) is 18.2 Å². The molecule has 2 heterocycles. The van der Waals surface area contributed by atoms with Crippen LogP contribution in [-0.4, -0.2) is 30.7 Å². The van der Waals surface area contributed by atoms with Gasteiger partial charge in [-0.05, 0) is 12.0 Å². The van der Waals surface area contributed by atoms with Crippen molar-refractivity contribution < 1.29 is 23.1 Å². The molecule has 2 aromatic heterocycles. The van der Waals surface area contributed by atoms with Crippen LogP contribution >= 0.6 is 0 Å². The van der Waals surface area contributed by atoms with Crippen molar-refractivity contribution in [3.8, 4) is 0 Å². The maximum atomic E-state index is 12.3. The van der Waals surface area contributed by atoms with E-state index in [0.717, 1.165) is 4.52 Å². The molecule has 0 saturated heterocycles. The average Bonchev–Trinajstić information content (AvgIpc) is 2.68. The van der Waals surface area contributed by atoms with E-state index >= 15 is 0 Å². The normalized spacial score (nSPS) is 11.9. The highest BCUT2D eigenvalue weighted by Crippen LogP contribution is 2.26. The minimum Gasteiger partial charge on any atom is -0.481 e. The lowest BCUT2D eigenvalue weighted by Crippen LogP contribution is -2.07. The third kappa shape index (κ3) is 2.55. The quantitative estimate of drug-likeness (QED) is 0.895. The summed E-state index contributed by atoms with van der Waals surface area (Å²) in [4.78, 5) is 17.3. The third-order valence-corrected chi connectivity index (χ3v) is 2.13. The van der Waals surface area contributed by atoms with E-state index in [1.54, 1.807) is 0 Å². The minimum atomic E-state index is -4.63. The Labute approximate surface area is 98.1 Å². The molecule has 0 aliphatic carbocycles. The van der Waals surface area contributed by atoms with Crippen LogP contribution in [-0.2, 0) is 17.4 Å². The molecule has 6 nitrogen and oxygen atoms in total. The lowest BCUT2D eigenvalue weighted by Gasteiger charge is -1.98. The molecule has 0 spiro atoms. The minimum absolute atomic E-state index is 0.131. The number of aliphatic carboxylic acids is 1. The SMILES string of the molecule is O=C(O)CCc1cnc2nc(C(F)(F)F)nn2c1. The molecule has 0 atom stereocenters. The van der Waals surface area contributed by atoms with Crippen LogP contribution in [0.2, 0.25) is 0 Å². The van der Waals surface area contributed by atoms with Crippen molar-refractivity contribution in [2.24, 2.45) is 0 Å². The number of carbonyl (C=O) groups is 1. The Morgan fingerprint density at radius 3 is 2.78 bits per heavy atom. The Kier molecular flexibility index (Phi) is 2.89. The fraction of sp³-hybridized carbons (Fsp3) is 0.333. The van der Waals surface area contributed by atoms with Crippen LogP contribution in [0.1, 0.15) is 17.8 Å². The van der Waals surface area contributed by atoms with Gasteiger partial charge in [-0.25, -0.2) is 9.50 Å². The summed E-state index contributed by atoms with van der Waals surface area (Å²) < 4.78 is 37.9. The van der Waals surface area contributed by atoms with Gasteiger partial charge in [0, 0.05) is 18.8 Å². The fourth-order valence-electron chi connectivity index (χ4n) is 1.32. The second-order valence-corrected chi connectivity index (χ2v) is 3.53. The van der Waals surface area contributed by atoms with Crippen LogP contribution in [0.5, 0.6) is 0 Å². The van der Waals surface area contributed by atoms with E-state index < -0.39 is 18.0 Å². The summed E-state index contributed by atoms with van der Waals surface area (Å²) in [5, 5.41) is 11.7. The molecule has 96 valence electrons. The largest absolute Gasteiger partial charge is 0.481 e. The van der Waals surface area contributed by atoms with Gasteiger partial charge in [0.1, 0.15) is 0 Å². The molecule has 18 heavy (non-hydrogen) atoms. The number of fused-ring (bicyclic) bond motifs is 1. The van der Waals surface area contributed by atoms with Gasteiger partial charge in [-0.15, -0.1) is 5.10 Å². The zero-order chi connectivity index (χ0) is 13.3. The summed E-state index contributed by atoms with van der Waals surface area (Å²) >= 11 is 0. The first-order valence-corrected chi connectivity index (χ1v) is 4.86. The van der Waals surface area contributed by atoms with Crippen molar-refractivity contribution in [2.45, 2.75) is 19.0 Å². The summed E-state index contributed by atoms with van der Waals surface area (Å²) in [5.41, 5.74) is 0.475. The molecular weight excluding hydrogens is 253 g/mol. The summed E-state index contributed by atoms with van der Waals surface area (Å²) in [6, 6.07) is 0. The number of carboxylic acids is 1. The fourth-order valence-corrected chi connectivity index (χ4v) is 1.32. The van der Waals surface area contributed by atoms with Gasteiger partial charge >= 0.3 is 12.1 Å². The van der Waals surface area contributed by atoms with Gasteiger partial charge in [0.25, 0.3) is 11.6 Å². The number of aryl methyl sites for hydroxylation is 1. The van der Waals surface area contributed by atoms with Crippen molar-refractivity contribution in [2.75, 3.05) is 0 Å². The number of carboxylic acid groups (broad SMARTS) is 1. The number of hydrogen-bond donors (Lipinski definition) is 1. The van der Waals surface area contributed by atoms with E-state index in [-0.39, 0.29) is 18.6 Å². The van der Waals surface area contributed by atoms with E-state index in [2.05, 4.69) is 15.1 Å². The van der Waals surface area contributed by atoms with E-state index in [0.29, 0.717) is 5.56 Å². The molecule has 0 fully saturated rings. The van der Waals surface area contributed by atoms with Crippen LogP contribution in [0.25, 0.3) is 5.78 Å². The highest BCUT2D eigenvalue weighted by Gasteiger charge is 2.36. The Hall–Kier alpha value is -2.19. The smallest absolute Gasteiger partial charge is 0.453 e. The van der Waals surface area contributed by atoms with Crippen LogP contribution in [0.4, 0.5) is 13.2 Å². The number of aromatic nitrogens is 4. The molecule has 1 N–H and O–H groups in total. The molecule has 0 aromatic carbocycles. The van der Waals surface area contributed by atoms with Gasteiger partial charge in [0.2, 0.25) is 0 Å². The highest BCUT2D eigenvalue weighted by molar-refractivity contribution is 5.67. The van der Waals surface area contributed by atoms with Crippen LogP contribution in [0, 0.1) is 0 Å². The number of halogens is 3. The van der Waals surface area contributed by atoms with Crippen LogP contribution in [0.15, 0.2) is 12.4 Å². The maximum absolute atomic E-state index is 12.3. The monoisotopic (exact) mass is 260 g/mol. The summed E-state index contributed by atoms with van der Waals surface area (Å²) in [6.07, 6.45) is -2.02. The molecular formula is C9H7F3N4O2. The summed E-state index contributed by atoms with van der Waals surface area (Å²) in [6.45, 7) is 0. The van der Waals surface area contributed by atoms with Crippen LogP contribution < -0.4 is 0 Å². The molecule has 2 rings (SSSR count). The second kappa shape index (κ2) is 4.24.